The Morgan fingerprint density at radius 2 is 1.95 bits per heavy atom. The van der Waals surface area contributed by atoms with Crippen molar-refractivity contribution >= 4 is 17.5 Å². The molecule has 20 heavy (non-hydrogen) atoms. The minimum atomic E-state index is -0.573. The van der Waals surface area contributed by atoms with E-state index in [1.54, 1.807) is 25.1 Å². The molecule has 0 saturated heterocycles. The number of aromatic nitrogens is 1. The highest BCUT2D eigenvalue weighted by Gasteiger charge is 2.13. The van der Waals surface area contributed by atoms with Crippen molar-refractivity contribution in [3.63, 3.8) is 0 Å². The molecule has 0 unspecified atom stereocenters. The van der Waals surface area contributed by atoms with Gasteiger partial charge < -0.3 is 16.0 Å². The molecule has 0 fully saturated rings. The van der Waals surface area contributed by atoms with Gasteiger partial charge in [-0.2, -0.15) is 0 Å². The number of hydrogen-bond acceptors (Lipinski definition) is 3. The summed E-state index contributed by atoms with van der Waals surface area (Å²) >= 11 is 0. The van der Waals surface area contributed by atoms with E-state index in [0.717, 1.165) is 0 Å². The van der Waals surface area contributed by atoms with Crippen molar-refractivity contribution in [2.75, 3.05) is 5.32 Å². The number of hydrogen-bond donors (Lipinski definition) is 3. The molecule has 0 saturated carbocycles. The first-order chi connectivity index (χ1) is 9.50. The Labute approximate surface area is 114 Å². The molecule has 2 amide bonds. The van der Waals surface area contributed by atoms with Crippen LogP contribution in [0.15, 0.2) is 41.5 Å². The fraction of sp³-hybridized carbons (Fsp3) is 0.0714. The van der Waals surface area contributed by atoms with Crippen molar-refractivity contribution in [2.24, 2.45) is 5.73 Å². The van der Waals surface area contributed by atoms with Crippen molar-refractivity contribution in [1.82, 2.24) is 4.98 Å². The monoisotopic (exact) mass is 271 g/mol. The summed E-state index contributed by atoms with van der Waals surface area (Å²) in [5.41, 5.74) is 6.17. The second-order valence-corrected chi connectivity index (χ2v) is 4.22. The molecule has 4 N–H and O–H groups in total. The second-order valence-electron chi connectivity index (χ2n) is 4.22. The van der Waals surface area contributed by atoms with Gasteiger partial charge >= 0.3 is 0 Å². The van der Waals surface area contributed by atoms with Crippen LogP contribution >= 0.6 is 0 Å². The van der Waals surface area contributed by atoms with Gasteiger partial charge in [-0.3, -0.25) is 14.4 Å². The summed E-state index contributed by atoms with van der Waals surface area (Å²) in [5.74, 6) is -1.12. The Hall–Kier alpha value is -2.89. The molecular weight excluding hydrogens is 258 g/mol. The average Bonchev–Trinajstić information content (AvgIpc) is 2.41. The summed E-state index contributed by atoms with van der Waals surface area (Å²) in [5, 5.41) is 2.60. The van der Waals surface area contributed by atoms with E-state index in [9.17, 15) is 14.4 Å². The van der Waals surface area contributed by atoms with Crippen LogP contribution in [0, 0.1) is 6.92 Å². The van der Waals surface area contributed by atoms with E-state index in [2.05, 4.69) is 10.3 Å². The highest BCUT2D eigenvalue weighted by molar-refractivity contribution is 6.05. The van der Waals surface area contributed by atoms with Crippen molar-refractivity contribution in [3.05, 3.63) is 63.6 Å². The summed E-state index contributed by atoms with van der Waals surface area (Å²) in [6.45, 7) is 1.67. The molecule has 2 rings (SSSR count). The van der Waals surface area contributed by atoms with Crippen LogP contribution in [0.2, 0.25) is 0 Å². The van der Waals surface area contributed by atoms with Crippen LogP contribution < -0.4 is 16.5 Å². The molecular formula is C14H13N3O3. The topological polar surface area (TPSA) is 105 Å². The Kier molecular flexibility index (Phi) is 3.65. The average molecular weight is 271 g/mol. The number of aromatic amines is 1. The third-order valence-corrected chi connectivity index (χ3v) is 2.92. The highest BCUT2D eigenvalue weighted by Crippen LogP contribution is 2.18. The fourth-order valence-electron chi connectivity index (χ4n) is 1.82. The first kappa shape index (κ1) is 13.5. The Morgan fingerprint density at radius 1 is 1.20 bits per heavy atom. The number of primary amides is 1. The van der Waals surface area contributed by atoms with Gasteiger partial charge in [-0.1, -0.05) is 6.07 Å². The molecule has 1 aromatic carbocycles. The SMILES string of the molecule is Cc1c(NC(=O)c2c[nH]ccc2=O)cccc1C(N)=O. The lowest BCUT2D eigenvalue weighted by molar-refractivity contribution is 0.0995. The van der Waals surface area contributed by atoms with Gasteiger partial charge in [-0.15, -0.1) is 0 Å². The van der Waals surface area contributed by atoms with E-state index in [1.165, 1.54) is 18.5 Å². The maximum Gasteiger partial charge on any atom is 0.261 e. The molecule has 0 aliphatic rings. The largest absolute Gasteiger partial charge is 0.367 e. The summed E-state index contributed by atoms with van der Waals surface area (Å²) in [4.78, 5) is 37.5. The maximum atomic E-state index is 12.0. The minimum Gasteiger partial charge on any atom is -0.367 e. The van der Waals surface area contributed by atoms with Gasteiger partial charge in [0, 0.05) is 29.7 Å². The molecule has 0 bridgehead atoms. The molecule has 0 aliphatic heterocycles. The predicted octanol–water partition coefficient (Wildman–Crippen LogP) is 1.03. The third-order valence-electron chi connectivity index (χ3n) is 2.92. The molecule has 102 valence electrons. The van der Waals surface area contributed by atoms with Crippen LogP contribution in [0.1, 0.15) is 26.3 Å². The first-order valence-electron chi connectivity index (χ1n) is 5.88. The zero-order chi connectivity index (χ0) is 14.7. The molecule has 2 aromatic rings. The standard InChI is InChI=1S/C14H13N3O3/c1-8-9(13(15)19)3-2-4-11(8)17-14(20)10-7-16-6-5-12(10)18/h2-7H,1H3,(H2,15,19)(H,16,18)(H,17,20). The molecule has 1 aromatic heterocycles. The van der Waals surface area contributed by atoms with Crippen LogP contribution in [-0.2, 0) is 0 Å². The zero-order valence-electron chi connectivity index (χ0n) is 10.8. The van der Waals surface area contributed by atoms with E-state index in [1.807, 2.05) is 0 Å². The molecule has 1 heterocycles. The molecule has 6 heteroatoms. The lowest BCUT2D eigenvalue weighted by atomic mass is 10.1. The summed E-state index contributed by atoms with van der Waals surface area (Å²) < 4.78 is 0. The molecule has 0 aliphatic carbocycles. The lowest BCUT2D eigenvalue weighted by Crippen LogP contribution is -2.22. The number of amides is 2. The van der Waals surface area contributed by atoms with Gasteiger partial charge in [0.15, 0.2) is 5.43 Å². The number of carbonyl (C=O) groups excluding carboxylic acids is 2. The van der Waals surface area contributed by atoms with Gasteiger partial charge in [0.05, 0.1) is 0 Å². The number of rotatable bonds is 3. The van der Waals surface area contributed by atoms with Gasteiger partial charge in [0.1, 0.15) is 5.56 Å². The Bertz CT molecular complexity index is 734. The number of benzene rings is 1. The number of nitrogens with two attached hydrogens (primary N) is 1. The number of anilines is 1. The number of nitrogens with one attached hydrogen (secondary N) is 2. The highest BCUT2D eigenvalue weighted by atomic mass is 16.2. The van der Waals surface area contributed by atoms with E-state index >= 15 is 0 Å². The van der Waals surface area contributed by atoms with Crippen LogP contribution in [0.25, 0.3) is 0 Å². The van der Waals surface area contributed by atoms with Gasteiger partial charge in [-0.25, -0.2) is 0 Å². The van der Waals surface area contributed by atoms with Crippen molar-refractivity contribution < 1.29 is 9.59 Å². The number of H-pyrrole nitrogens is 1. The minimum absolute atomic E-state index is 0.00335. The third kappa shape index (κ3) is 2.59. The van der Waals surface area contributed by atoms with E-state index < -0.39 is 11.8 Å². The first-order valence-corrected chi connectivity index (χ1v) is 5.88. The summed E-state index contributed by atoms with van der Waals surface area (Å²) in [6, 6.07) is 6.08. The normalized spacial score (nSPS) is 10.1. The Morgan fingerprint density at radius 3 is 2.60 bits per heavy atom. The van der Waals surface area contributed by atoms with Crippen molar-refractivity contribution in [2.45, 2.75) is 6.92 Å². The quantitative estimate of drug-likeness (QED) is 0.776. The van der Waals surface area contributed by atoms with Crippen LogP contribution in [-0.4, -0.2) is 16.8 Å². The maximum absolute atomic E-state index is 12.0. The smallest absolute Gasteiger partial charge is 0.261 e. The molecule has 6 nitrogen and oxygen atoms in total. The molecule has 0 radical (unpaired) electrons. The summed E-state index contributed by atoms with van der Waals surface area (Å²) in [6.07, 6.45) is 2.77. The van der Waals surface area contributed by atoms with Crippen LogP contribution in [0.3, 0.4) is 0 Å². The molecule has 0 atom stereocenters. The number of pyridine rings is 1. The second kappa shape index (κ2) is 5.40. The predicted molar refractivity (Wildman–Crippen MR) is 74.7 cm³/mol. The van der Waals surface area contributed by atoms with Gasteiger partial charge in [-0.05, 0) is 24.6 Å². The fourth-order valence-corrected chi connectivity index (χ4v) is 1.82. The van der Waals surface area contributed by atoms with E-state index in [-0.39, 0.29) is 11.0 Å². The number of carbonyl (C=O) groups is 2. The van der Waals surface area contributed by atoms with Gasteiger partial charge in [0.25, 0.3) is 5.91 Å². The van der Waals surface area contributed by atoms with Crippen LogP contribution in [0.5, 0.6) is 0 Å². The van der Waals surface area contributed by atoms with E-state index in [4.69, 9.17) is 5.73 Å². The van der Waals surface area contributed by atoms with Crippen molar-refractivity contribution in [3.8, 4) is 0 Å². The molecule has 0 spiro atoms. The summed E-state index contributed by atoms with van der Waals surface area (Å²) in [7, 11) is 0. The van der Waals surface area contributed by atoms with Crippen LogP contribution in [0.4, 0.5) is 5.69 Å². The lowest BCUT2D eigenvalue weighted by Gasteiger charge is -2.10. The zero-order valence-corrected chi connectivity index (χ0v) is 10.8. The Balaban J connectivity index is 2.34. The van der Waals surface area contributed by atoms with Crippen molar-refractivity contribution in [1.29, 1.82) is 0 Å². The van der Waals surface area contributed by atoms with Gasteiger partial charge in [0.2, 0.25) is 5.91 Å². The van der Waals surface area contributed by atoms with E-state index in [0.29, 0.717) is 16.8 Å².